The number of carbonyl (C=O) groups excluding carboxylic acids is 1. The lowest BCUT2D eigenvalue weighted by molar-refractivity contribution is -0.145. The number of carboxylic acid groups (broad SMARTS) is 1. The van der Waals surface area contributed by atoms with E-state index in [0.29, 0.717) is 18.4 Å². The van der Waals surface area contributed by atoms with Gasteiger partial charge in [0.25, 0.3) is 5.91 Å². The molecule has 1 aromatic rings. The zero-order valence-corrected chi connectivity index (χ0v) is 11.6. The molecular formula is C15H21NO3. The summed E-state index contributed by atoms with van der Waals surface area (Å²) < 4.78 is 0. The number of nitrogens with one attached hydrogen (secondary N) is 1. The first-order valence-corrected chi connectivity index (χ1v) is 6.52. The van der Waals surface area contributed by atoms with Crippen molar-refractivity contribution in [2.75, 3.05) is 0 Å². The van der Waals surface area contributed by atoms with Crippen LogP contribution in [0.1, 0.15) is 44.0 Å². The number of aliphatic carboxylic acids is 1. The van der Waals surface area contributed by atoms with Gasteiger partial charge in [0.2, 0.25) is 0 Å². The van der Waals surface area contributed by atoms with Crippen molar-refractivity contribution in [3.63, 3.8) is 0 Å². The average molecular weight is 263 g/mol. The molecule has 0 aliphatic heterocycles. The Hall–Kier alpha value is -1.84. The minimum absolute atomic E-state index is 0.187. The monoisotopic (exact) mass is 263 g/mol. The van der Waals surface area contributed by atoms with E-state index in [9.17, 15) is 14.7 Å². The van der Waals surface area contributed by atoms with Crippen LogP contribution in [0.2, 0.25) is 0 Å². The molecule has 1 aromatic carbocycles. The van der Waals surface area contributed by atoms with Crippen molar-refractivity contribution in [1.29, 1.82) is 0 Å². The third-order valence-corrected chi connectivity index (χ3v) is 3.16. The molecule has 0 saturated carbocycles. The van der Waals surface area contributed by atoms with Crippen LogP contribution in [0, 0.1) is 5.92 Å². The van der Waals surface area contributed by atoms with Crippen LogP contribution in [0.25, 0.3) is 0 Å². The largest absolute Gasteiger partial charge is 0.480 e. The first-order valence-electron chi connectivity index (χ1n) is 6.52. The maximum absolute atomic E-state index is 12.1. The number of amides is 1. The molecule has 0 aromatic heterocycles. The van der Waals surface area contributed by atoms with Crippen molar-refractivity contribution in [1.82, 2.24) is 5.32 Å². The number of rotatable bonds is 6. The molecule has 0 aliphatic rings. The molecule has 1 atom stereocenters. The van der Waals surface area contributed by atoms with E-state index in [4.69, 9.17) is 0 Å². The van der Waals surface area contributed by atoms with Gasteiger partial charge >= 0.3 is 5.97 Å². The van der Waals surface area contributed by atoms with Gasteiger partial charge in [0.15, 0.2) is 0 Å². The lowest BCUT2D eigenvalue weighted by Gasteiger charge is -2.31. The maximum atomic E-state index is 12.1. The lowest BCUT2D eigenvalue weighted by atomic mass is 9.86. The first kappa shape index (κ1) is 15.2. The molecule has 0 bridgehead atoms. The summed E-state index contributed by atoms with van der Waals surface area (Å²) in [6.07, 6.45) is 0.774. The fourth-order valence-electron chi connectivity index (χ4n) is 2.15. The van der Waals surface area contributed by atoms with E-state index >= 15 is 0 Å². The zero-order chi connectivity index (χ0) is 14.5. The summed E-state index contributed by atoms with van der Waals surface area (Å²) >= 11 is 0. The quantitative estimate of drug-likeness (QED) is 0.829. The Kier molecular flexibility index (Phi) is 5.10. The average Bonchev–Trinajstić information content (AvgIpc) is 2.38. The SMILES string of the molecule is CC[C@@](CC(C)C)(NC(=O)c1ccccc1)C(=O)O. The summed E-state index contributed by atoms with van der Waals surface area (Å²) in [5, 5.41) is 12.1. The summed E-state index contributed by atoms with van der Waals surface area (Å²) in [4.78, 5) is 23.7. The van der Waals surface area contributed by atoms with E-state index < -0.39 is 11.5 Å². The summed E-state index contributed by atoms with van der Waals surface area (Å²) in [7, 11) is 0. The Morgan fingerprint density at radius 1 is 1.26 bits per heavy atom. The highest BCUT2D eigenvalue weighted by molar-refractivity contribution is 5.97. The van der Waals surface area contributed by atoms with Gasteiger partial charge in [-0.25, -0.2) is 4.79 Å². The molecule has 4 nitrogen and oxygen atoms in total. The van der Waals surface area contributed by atoms with Crippen molar-refractivity contribution < 1.29 is 14.7 Å². The minimum atomic E-state index is -1.19. The number of hydrogen-bond acceptors (Lipinski definition) is 2. The van der Waals surface area contributed by atoms with Crippen LogP contribution >= 0.6 is 0 Å². The maximum Gasteiger partial charge on any atom is 0.329 e. The molecule has 4 heteroatoms. The lowest BCUT2D eigenvalue weighted by Crippen LogP contribution is -2.54. The summed E-state index contributed by atoms with van der Waals surface area (Å²) in [6, 6.07) is 8.67. The third kappa shape index (κ3) is 3.81. The predicted octanol–water partition coefficient (Wildman–Crippen LogP) is 2.70. The topological polar surface area (TPSA) is 66.4 Å². The van der Waals surface area contributed by atoms with Crippen molar-refractivity contribution in [2.24, 2.45) is 5.92 Å². The first-order chi connectivity index (χ1) is 8.91. The predicted molar refractivity (Wildman–Crippen MR) is 74.0 cm³/mol. The van der Waals surface area contributed by atoms with Gasteiger partial charge in [-0.05, 0) is 30.9 Å². The van der Waals surface area contributed by atoms with Crippen molar-refractivity contribution in [2.45, 2.75) is 39.2 Å². The second kappa shape index (κ2) is 6.36. The second-order valence-corrected chi connectivity index (χ2v) is 5.16. The Balaban J connectivity index is 2.95. The van der Waals surface area contributed by atoms with Crippen LogP contribution in [0.5, 0.6) is 0 Å². The standard InChI is InChI=1S/C15H21NO3/c1-4-15(14(18)19,10-11(2)3)16-13(17)12-8-6-5-7-9-12/h5-9,11H,4,10H2,1-3H3,(H,16,17)(H,18,19)/t15-/m0/s1. The molecule has 0 saturated heterocycles. The molecule has 0 spiro atoms. The van der Waals surface area contributed by atoms with Crippen molar-refractivity contribution >= 4 is 11.9 Å². The Morgan fingerprint density at radius 2 is 1.84 bits per heavy atom. The molecule has 19 heavy (non-hydrogen) atoms. The van der Waals surface area contributed by atoms with E-state index in [-0.39, 0.29) is 11.8 Å². The van der Waals surface area contributed by atoms with E-state index in [1.165, 1.54) is 0 Å². The van der Waals surface area contributed by atoms with Gasteiger partial charge in [-0.2, -0.15) is 0 Å². The van der Waals surface area contributed by atoms with Crippen LogP contribution < -0.4 is 5.32 Å². The zero-order valence-electron chi connectivity index (χ0n) is 11.6. The minimum Gasteiger partial charge on any atom is -0.480 e. The highest BCUT2D eigenvalue weighted by Crippen LogP contribution is 2.22. The van der Waals surface area contributed by atoms with Gasteiger partial charge in [-0.3, -0.25) is 4.79 Å². The van der Waals surface area contributed by atoms with Gasteiger partial charge in [0.05, 0.1) is 0 Å². The molecule has 0 aliphatic carbocycles. The molecular weight excluding hydrogens is 242 g/mol. The van der Waals surface area contributed by atoms with E-state index in [0.717, 1.165) is 0 Å². The van der Waals surface area contributed by atoms with E-state index in [1.54, 1.807) is 31.2 Å². The summed E-state index contributed by atoms with van der Waals surface area (Å²) in [5.41, 5.74) is -0.716. The molecule has 0 radical (unpaired) electrons. The summed E-state index contributed by atoms with van der Waals surface area (Å²) in [6.45, 7) is 5.67. The highest BCUT2D eigenvalue weighted by atomic mass is 16.4. The van der Waals surface area contributed by atoms with Crippen LogP contribution in [-0.4, -0.2) is 22.5 Å². The fourth-order valence-corrected chi connectivity index (χ4v) is 2.15. The van der Waals surface area contributed by atoms with E-state index in [1.807, 2.05) is 19.9 Å². The highest BCUT2D eigenvalue weighted by Gasteiger charge is 2.38. The van der Waals surface area contributed by atoms with Crippen LogP contribution in [0.3, 0.4) is 0 Å². The summed E-state index contributed by atoms with van der Waals surface area (Å²) in [5.74, 6) is -1.13. The second-order valence-electron chi connectivity index (χ2n) is 5.16. The van der Waals surface area contributed by atoms with Crippen LogP contribution in [0.15, 0.2) is 30.3 Å². The van der Waals surface area contributed by atoms with Gasteiger partial charge in [0, 0.05) is 5.56 Å². The van der Waals surface area contributed by atoms with Gasteiger partial charge < -0.3 is 10.4 Å². The number of hydrogen-bond donors (Lipinski definition) is 2. The Labute approximate surface area is 113 Å². The third-order valence-electron chi connectivity index (χ3n) is 3.16. The van der Waals surface area contributed by atoms with Crippen molar-refractivity contribution in [3.8, 4) is 0 Å². The molecule has 0 unspecified atom stereocenters. The van der Waals surface area contributed by atoms with E-state index in [2.05, 4.69) is 5.32 Å². The van der Waals surface area contributed by atoms with Gasteiger partial charge in [0.1, 0.15) is 5.54 Å². The Bertz CT molecular complexity index is 442. The van der Waals surface area contributed by atoms with Crippen LogP contribution in [-0.2, 0) is 4.79 Å². The molecule has 2 N–H and O–H groups in total. The normalized spacial score (nSPS) is 13.9. The van der Waals surface area contributed by atoms with Gasteiger partial charge in [-0.15, -0.1) is 0 Å². The fraction of sp³-hybridized carbons (Fsp3) is 0.467. The number of carboxylic acids is 1. The smallest absolute Gasteiger partial charge is 0.329 e. The molecule has 1 amide bonds. The number of benzene rings is 1. The number of carbonyl (C=O) groups is 2. The molecule has 104 valence electrons. The molecule has 0 fully saturated rings. The van der Waals surface area contributed by atoms with Crippen molar-refractivity contribution in [3.05, 3.63) is 35.9 Å². The molecule has 1 rings (SSSR count). The van der Waals surface area contributed by atoms with Crippen LogP contribution in [0.4, 0.5) is 0 Å². The Morgan fingerprint density at radius 3 is 2.26 bits per heavy atom. The molecule has 0 heterocycles. The van der Waals surface area contributed by atoms with Gasteiger partial charge in [-0.1, -0.05) is 39.0 Å².